The molecule has 3 rings (SSSR count). The Balaban J connectivity index is 2.20. The number of methoxy groups -OCH3 is 1. The molecule has 0 radical (unpaired) electrons. The molecule has 1 heterocycles. The maximum Gasteiger partial charge on any atom is 0.358 e. The van der Waals surface area contributed by atoms with E-state index in [2.05, 4.69) is 9.97 Å². The van der Waals surface area contributed by atoms with Crippen molar-refractivity contribution in [2.24, 2.45) is 0 Å². The molecule has 0 N–H and O–H groups in total. The third kappa shape index (κ3) is 2.72. The van der Waals surface area contributed by atoms with Gasteiger partial charge in [0.2, 0.25) is 0 Å². The van der Waals surface area contributed by atoms with Crippen LogP contribution in [0.15, 0.2) is 66.9 Å². The van der Waals surface area contributed by atoms with Gasteiger partial charge in [-0.2, -0.15) is 0 Å². The van der Waals surface area contributed by atoms with Crippen molar-refractivity contribution >= 4 is 5.97 Å². The maximum atomic E-state index is 11.7. The van der Waals surface area contributed by atoms with E-state index >= 15 is 0 Å². The van der Waals surface area contributed by atoms with E-state index in [1.165, 1.54) is 13.3 Å². The van der Waals surface area contributed by atoms with E-state index in [4.69, 9.17) is 4.74 Å². The van der Waals surface area contributed by atoms with Gasteiger partial charge in [0.05, 0.1) is 24.7 Å². The molecule has 0 bridgehead atoms. The Bertz CT molecular complexity index is 787. The van der Waals surface area contributed by atoms with Crippen molar-refractivity contribution in [3.8, 4) is 22.5 Å². The number of nitrogens with zero attached hydrogens (tertiary/aromatic N) is 2. The molecule has 2 aromatic carbocycles. The van der Waals surface area contributed by atoms with Gasteiger partial charge in [0, 0.05) is 11.1 Å². The van der Waals surface area contributed by atoms with Crippen LogP contribution in [0.1, 0.15) is 10.5 Å². The molecule has 22 heavy (non-hydrogen) atoms. The minimum Gasteiger partial charge on any atom is -0.464 e. The second-order valence-corrected chi connectivity index (χ2v) is 4.68. The fourth-order valence-electron chi connectivity index (χ4n) is 2.20. The SMILES string of the molecule is COC(=O)c1cnc(-c2ccccc2)c(-c2ccccc2)n1. The molecule has 0 spiro atoms. The van der Waals surface area contributed by atoms with E-state index < -0.39 is 5.97 Å². The minimum atomic E-state index is -0.496. The van der Waals surface area contributed by atoms with Crippen LogP contribution in [-0.2, 0) is 4.74 Å². The Kier molecular flexibility index (Phi) is 3.92. The van der Waals surface area contributed by atoms with Crippen molar-refractivity contribution in [2.75, 3.05) is 7.11 Å². The van der Waals surface area contributed by atoms with Crippen molar-refractivity contribution in [2.45, 2.75) is 0 Å². The first-order chi connectivity index (χ1) is 10.8. The van der Waals surface area contributed by atoms with E-state index in [1.54, 1.807) is 0 Å². The predicted octanol–water partition coefficient (Wildman–Crippen LogP) is 3.60. The van der Waals surface area contributed by atoms with Gasteiger partial charge >= 0.3 is 5.97 Å². The predicted molar refractivity (Wildman–Crippen MR) is 84.2 cm³/mol. The highest BCUT2D eigenvalue weighted by Crippen LogP contribution is 2.28. The summed E-state index contributed by atoms with van der Waals surface area (Å²) in [6.45, 7) is 0. The number of aromatic nitrogens is 2. The van der Waals surface area contributed by atoms with Gasteiger partial charge in [-0.15, -0.1) is 0 Å². The van der Waals surface area contributed by atoms with Crippen LogP contribution >= 0.6 is 0 Å². The number of esters is 1. The highest BCUT2D eigenvalue weighted by Gasteiger charge is 2.15. The van der Waals surface area contributed by atoms with Gasteiger partial charge in [-0.1, -0.05) is 60.7 Å². The Morgan fingerprint density at radius 1 is 0.864 bits per heavy atom. The molecule has 0 atom stereocenters. The highest BCUT2D eigenvalue weighted by atomic mass is 16.5. The lowest BCUT2D eigenvalue weighted by molar-refractivity contribution is 0.0593. The third-order valence-corrected chi connectivity index (χ3v) is 3.26. The summed E-state index contributed by atoms with van der Waals surface area (Å²) in [5, 5.41) is 0. The van der Waals surface area contributed by atoms with Crippen molar-refractivity contribution in [1.82, 2.24) is 9.97 Å². The Labute approximate surface area is 128 Å². The van der Waals surface area contributed by atoms with Crippen LogP contribution in [0.2, 0.25) is 0 Å². The second-order valence-electron chi connectivity index (χ2n) is 4.68. The maximum absolute atomic E-state index is 11.7. The Hall–Kier alpha value is -3.01. The third-order valence-electron chi connectivity index (χ3n) is 3.26. The normalized spacial score (nSPS) is 10.2. The highest BCUT2D eigenvalue weighted by molar-refractivity contribution is 5.89. The van der Waals surface area contributed by atoms with E-state index in [-0.39, 0.29) is 5.69 Å². The topological polar surface area (TPSA) is 52.1 Å². The standard InChI is InChI=1S/C18H14N2O2/c1-22-18(21)15-12-19-16(13-8-4-2-5-9-13)17(20-15)14-10-6-3-7-11-14/h2-12H,1H3. The monoisotopic (exact) mass is 290 g/mol. The number of hydrogen-bond donors (Lipinski definition) is 0. The lowest BCUT2D eigenvalue weighted by Crippen LogP contribution is -2.07. The van der Waals surface area contributed by atoms with Crippen LogP contribution in [0.3, 0.4) is 0 Å². The molecular weight excluding hydrogens is 276 g/mol. The summed E-state index contributed by atoms with van der Waals surface area (Å²) in [6.07, 6.45) is 1.45. The van der Waals surface area contributed by atoms with Crippen LogP contribution in [0.25, 0.3) is 22.5 Å². The summed E-state index contributed by atoms with van der Waals surface area (Å²) in [5.74, 6) is -0.496. The molecule has 0 unspecified atom stereocenters. The van der Waals surface area contributed by atoms with Gasteiger partial charge in [0.25, 0.3) is 0 Å². The summed E-state index contributed by atoms with van der Waals surface area (Å²) in [5.41, 5.74) is 3.44. The van der Waals surface area contributed by atoms with Crippen LogP contribution in [-0.4, -0.2) is 23.0 Å². The molecule has 4 heteroatoms. The number of carbonyl (C=O) groups excluding carboxylic acids is 1. The Morgan fingerprint density at radius 2 is 1.41 bits per heavy atom. The lowest BCUT2D eigenvalue weighted by Gasteiger charge is -2.09. The van der Waals surface area contributed by atoms with Crippen molar-refractivity contribution in [3.05, 3.63) is 72.6 Å². The summed E-state index contributed by atoms with van der Waals surface area (Å²) in [6, 6.07) is 19.4. The molecule has 0 aliphatic rings. The smallest absolute Gasteiger partial charge is 0.358 e. The number of hydrogen-bond acceptors (Lipinski definition) is 4. The largest absolute Gasteiger partial charge is 0.464 e. The van der Waals surface area contributed by atoms with E-state index in [9.17, 15) is 4.79 Å². The lowest BCUT2D eigenvalue weighted by atomic mass is 10.0. The molecule has 0 saturated heterocycles. The minimum absolute atomic E-state index is 0.195. The van der Waals surface area contributed by atoms with Gasteiger partial charge in [0.15, 0.2) is 5.69 Å². The Morgan fingerprint density at radius 3 is 1.95 bits per heavy atom. The number of benzene rings is 2. The van der Waals surface area contributed by atoms with Crippen LogP contribution in [0.4, 0.5) is 0 Å². The zero-order chi connectivity index (χ0) is 15.4. The molecule has 1 aromatic heterocycles. The van der Waals surface area contributed by atoms with Crippen LogP contribution in [0, 0.1) is 0 Å². The second kappa shape index (κ2) is 6.18. The molecule has 0 amide bonds. The van der Waals surface area contributed by atoms with Gasteiger partial charge in [-0.3, -0.25) is 4.98 Å². The average molecular weight is 290 g/mol. The molecule has 0 aliphatic carbocycles. The molecule has 0 fully saturated rings. The summed E-state index contributed by atoms with van der Waals surface area (Å²) >= 11 is 0. The molecule has 0 saturated carbocycles. The van der Waals surface area contributed by atoms with E-state index in [0.717, 1.165) is 16.8 Å². The number of ether oxygens (including phenoxy) is 1. The first-order valence-corrected chi connectivity index (χ1v) is 6.86. The first-order valence-electron chi connectivity index (χ1n) is 6.86. The first kappa shape index (κ1) is 13.9. The zero-order valence-electron chi connectivity index (χ0n) is 12.1. The molecule has 3 aromatic rings. The molecule has 108 valence electrons. The van der Waals surface area contributed by atoms with Crippen molar-refractivity contribution in [3.63, 3.8) is 0 Å². The van der Waals surface area contributed by atoms with Gasteiger partial charge in [-0.05, 0) is 0 Å². The fourth-order valence-corrected chi connectivity index (χ4v) is 2.20. The average Bonchev–Trinajstić information content (AvgIpc) is 2.62. The van der Waals surface area contributed by atoms with Gasteiger partial charge in [0.1, 0.15) is 0 Å². The van der Waals surface area contributed by atoms with Crippen LogP contribution in [0.5, 0.6) is 0 Å². The zero-order valence-corrected chi connectivity index (χ0v) is 12.1. The van der Waals surface area contributed by atoms with E-state index in [1.807, 2.05) is 60.7 Å². The van der Waals surface area contributed by atoms with E-state index in [0.29, 0.717) is 5.69 Å². The molecule has 4 nitrogen and oxygen atoms in total. The van der Waals surface area contributed by atoms with Crippen molar-refractivity contribution in [1.29, 1.82) is 0 Å². The molecular formula is C18H14N2O2. The summed E-state index contributed by atoms with van der Waals surface area (Å²) in [4.78, 5) is 20.6. The van der Waals surface area contributed by atoms with Gasteiger partial charge in [-0.25, -0.2) is 9.78 Å². The number of rotatable bonds is 3. The summed E-state index contributed by atoms with van der Waals surface area (Å²) in [7, 11) is 1.33. The van der Waals surface area contributed by atoms with Crippen molar-refractivity contribution < 1.29 is 9.53 Å². The molecule has 0 aliphatic heterocycles. The van der Waals surface area contributed by atoms with Gasteiger partial charge < -0.3 is 4.74 Å². The quantitative estimate of drug-likeness (QED) is 0.692. The number of carbonyl (C=O) groups is 1. The fraction of sp³-hybridized carbons (Fsp3) is 0.0556. The summed E-state index contributed by atoms with van der Waals surface area (Å²) < 4.78 is 4.73. The van der Waals surface area contributed by atoms with Crippen LogP contribution < -0.4 is 0 Å².